The molecule has 0 aromatic heterocycles. The number of ether oxygens (including phenoxy) is 2. The van der Waals surface area contributed by atoms with Gasteiger partial charge in [0.25, 0.3) is 0 Å². The summed E-state index contributed by atoms with van der Waals surface area (Å²) in [5, 5.41) is 12.3. The van der Waals surface area contributed by atoms with Crippen molar-refractivity contribution in [2.75, 3.05) is 19.8 Å². The molecule has 0 aliphatic carbocycles. The minimum absolute atomic E-state index is 0.109. The minimum Gasteiger partial charge on any atom is -0.506 e. The van der Waals surface area contributed by atoms with Crippen LogP contribution in [0.1, 0.15) is 36.6 Å². The Labute approximate surface area is 147 Å². The SMILES string of the molecule is CCOc1cc2c(cc1OCC)[C@H](c1ccc(O)c(Cl)c1)[NH2+]CC2. The largest absolute Gasteiger partial charge is 0.506 e. The molecule has 2 aromatic carbocycles. The normalized spacial score (nSPS) is 16.5. The lowest BCUT2D eigenvalue weighted by molar-refractivity contribution is -0.690. The number of phenolic OH excluding ortho intramolecular Hbond substituents is 1. The van der Waals surface area contributed by atoms with Gasteiger partial charge in [-0.15, -0.1) is 0 Å². The van der Waals surface area contributed by atoms with Gasteiger partial charge in [-0.3, -0.25) is 0 Å². The number of quaternary nitrogens is 1. The summed E-state index contributed by atoms with van der Waals surface area (Å²) in [7, 11) is 0. The second-order valence-electron chi connectivity index (χ2n) is 5.83. The summed E-state index contributed by atoms with van der Waals surface area (Å²) in [6.45, 7) is 6.15. The molecular formula is C19H23ClNO3+. The molecule has 3 rings (SSSR count). The highest BCUT2D eigenvalue weighted by atomic mass is 35.5. The first-order valence-electron chi connectivity index (χ1n) is 8.38. The van der Waals surface area contributed by atoms with E-state index in [4.69, 9.17) is 21.1 Å². The Balaban J connectivity index is 2.05. The van der Waals surface area contributed by atoms with Gasteiger partial charge in [0.15, 0.2) is 11.5 Å². The van der Waals surface area contributed by atoms with Crippen molar-refractivity contribution in [3.8, 4) is 17.2 Å². The van der Waals surface area contributed by atoms with Crippen molar-refractivity contribution in [3.63, 3.8) is 0 Å². The first kappa shape index (κ1) is 16.9. The van der Waals surface area contributed by atoms with Gasteiger partial charge in [-0.2, -0.15) is 0 Å². The fraction of sp³-hybridized carbons (Fsp3) is 0.368. The van der Waals surface area contributed by atoms with Crippen LogP contribution in [0.5, 0.6) is 17.2 Å². The summed E-state index contributed by atoms with van der Waals surface area (Å²) >= 11 is 6.10. The Morgan fingerprint density at radius 1 is 1.12 bits per heavy atom. The van der Waals surface area contributed by atoms with Crippen LogP contribution in [-0.2, 0) is 6.42 Å². The molecule has 24 heavy (non-hydrogen) atoms. The molecule has 4 nitrogen and oxygen atoms in total. The van der Waals surface area contributed by atoms with Gasteiger partial charge in [0, 0.05) is 17.5 Å². The fourth-order valence-electron chi connectivity index (χ4n) is 3.23. The summed E-state index contributed by atoms with van der Waals surface area (Å²) < 4.78 is 11.5. The number of aromatic hydroxyl groups is 1. The molecule has 0 spiro atoms. The van der Waals surface area contributed by atoms with Crippen molar-refractivity contribution in [2.45, 2.75) is 26.3 Å². The van der Waals surface area contributed by atoms with Crippen molar-refractivity contribution in [1.82, 2.24) is 0 Å². The van der Waals surface area contributed by atoms with E-state index in [1.807, 2.05) is 26.0 Å². The monoisotopic (exact) mass is 348 g/mol. The predicted molar refractivity (Wildman–Crippen MR) is 94.2 cm³/mol. The molecule has 1 aliphatic heterocycles. The van der Waals surface area contributed by atoms with E-state index in [1.54, 1.807) is 6.07 Å². The van der Waals surface area contributed by atoms with Crippen LogP contribution in [0.4, 0.5) is 0 Å². The highest BCUT2D eigenvalue weighted by Crippen LogP contribution is 2.37. The molecule has 0 amide bonds. The van der Waals surface area contributed by atoms with E-state index >= 15 is 0 Å². The zero-order chi connectivity index (χ0) is 17.1. The molecule has 1 heterocycles. The van der Waals surface area contributed by atoms with Crippen LogP contribution in [0, 0.1) is 0 Å². The van der Waals surface area contributed by atoms with Crippen LogP contribution in [0.15, 0.2) is 30.3 Å². The van der Waals surface area contributed by atoms with E-state index in [0.29, 0.717) is 18.2 Å². The Hall–Kier alpha value is -1.91. The van der Waals surface area contributed by atoms with Crippen LogP contribution >= 0.6 is 11.6 Å². The summed E-state index contributed by atoms with van der Waals surface area (Å²) in [4.78, 5) is 0. The van der Waals surface area contributed by atoms with Gasteiger partial charge >= 0.3 is 0 Å². The average molecular weight is 349 g/mol. The standard InChI is InChI=1S/C19H22ClNO3/c1-3-23-17-10-12-7-8-21-19(14(12)11-18(17)24-4-2)13-5-6-16(22)15(20)9-13/h5-6,9-11,19,21-22H,3-4,7-8H2,1-2H3/p+1/t19-/m0/s1. The zero-order valence-electron chi connectivity index (χ0n) is 14.0. The Kier molecular flexibility index (Phi) is 5.17. The first-order chi connectivity index (χ1) is 11.6. The molecular weight excluding hydrogens is 326 g/mol. The van der Waals surface area contributed by atoms with Crippen molar-refractivity contribution in [1.29, 1.82) is 0 Å². The highest BCUT2D eigenvalue weighted by molar-refractivity contribution is 6.32. The third kappa shape index (κ3) is 3.30. The van der Waals surface area contributed by atoms with E-state index in [2.05, 4.69) is 17.4 Å². The number of hydrogen-bond donors (Lipinski definition) is 2. The number of hydrogen-bond acceptors (Lipinski definition) is 3. The summed E-state index contributed by atoms with van der Waals surface area (Å²) in [5.41, 5.74) is 3.57. The maximum absolute atomic E-state index is 9.67. The molecule has 128 valence electrons. The van der Waals surface area contributed by atoms with Crippen molar-refractivity contribution < 1.29 is 19.9 Å². The summed E-state index contributed by atoms with van der Waals surface area (Å²) in [5.74, 6) is 1.70. The highest BCUT2D eigenvalue weighted by Gasteiger charge is 2.27. The van der Waals surface area contributed by atoms with E-state index in [0.717, 1.165) is 30.0 Å². The molecule has 0 saturated carbocycles. The molecule has 1 atom stereocenters. The fourth-order valence-corrected chi connectivity index (χ4v) is 3.41. The molecule has 2 aromatic rings. The Morgan fingerprint density at radius 3 is 2.50 bits per heavy atom. The molecule has 0 radical (unpaired) electrons. The second-order valence-corrected chi connectivity index (χ2v) is 6.23. The lowest BCUT2D eigenvalue weighted by Crippen LogP contribution is -2.87. The van der Waals surface area contributed by atoms with Gasteiger partial charge < -0.3 is 19.9 Å². The predicted octanol–water partition coefficient (Wildman–Crippen LogP) is 3.05. The van der Waals surface area contributed by atoms with Crippen LogP contribution in [-0.4, -0.2) is 24.9 Å². The molecule has 0 saturated heterocycles. The Bertz CT molecular complexity index is 733. The minimum atomic E-state index is 0.109. The number of halogens is 1. The third-order valence-corrected chi connectivity index (χ3v) is 4.59. The molecule has 0 bridgehead atoms. The molecule has 5 heteroatoms. The molecule has 0 unspecified atom stereocenters. The maximum atomic E-state index is 9.67. The van der Waals surface area contributed by atoms with Crippen LogP contribution in [0.2, 0.25) is 5.02 Å². The van der Waals surface area contributed by atoms with E-state index in [-0.39, 0.29) is 11.8 Å². The quantitative estimate of drug-likeness (QED) is 0.873. The van der Waals surface area contributed by atoms with Crippen molar-refractivity contribution in [2.24, 2.45) is 0 Å². The Morgan fingerprint density at radius 2 is 1.83 bits per heavy atom. The smallest absolute Gasteiger partial charge is 0.161 e. The van der Waals surface area contributed by atoms with Crippen molar-refractivity contribution >= 4 is 11.6 Å². The molecule has 0 fully saturated rings. The van der Waals surface area contributed by atoms with Crippen LogP contribution in [0.25, 0.3) is 0 Å². The van der Waals surface area contributed by atoms with Crippen LogP contribution < -0.4 is 14.8 Å². The van der Waals surface area contributed by atoms with E-state index in [1.165, 1.54) is 11.1 Å². The lowest BCUT2D eigenvalue weighted by atomic mass is 9.89. The number of phenols is 1. The summed E-state index contributed by atoms with van der Waals surface area (Å²) in [6, 6.07) is 9.74. The lowest BCUT2D eigenvalue weighted by Gasteiger charge is -2.26. The molecule has 1 aliphatic rings. The second kappa shape index (κ2) is 7.32. The average Bonchev–Trinajstić information content (AvgIpc) is 2.58. The first-order valence-corrected chi connectivity index (χ1v) is 8.76. The van der Waals surface area contributed by atoms with Gasteiger partial charge in [-0.1, -0.05) is 11.6 Å². The van der Waals surface area contributed by atoms with Crippen molar-refractivity contribution in [3.05, 3.63) is 52.0 Å². The van der Waals surface area contributed by atoms with Gasteiger partial charge in [0.1, 0.15) is 11.8 Å². The molecule has 3 N–H and O–H groups in total. The summed E-state index contributed by atoms with van der Waals surface area (Å²) in [6.07, 6.45) is 0.990. The third-order valence-electron chi connectivity index (χ3n) is 4.29. The van der Waals surface area contributed by atoms with Gasteiger partial charge in [-0.25, -0.2) is 0 Å². The maximum Gasteiger partial charge on any atom is 0.161 e. The van der Waals surface area contributed by atoms with Gasteiger partial charge in [0.05, 0.1) is 24.8 Å². The topological polar surface area (TPSA) is 55.3 Å². The van der Waals surface area contributed by atoms with Gasteiger partial charge in [0.2, 0.25) is 0 Å². The number of benzene rings is 2. The van der Waals surface area contributed by atoms with E-state index < -0.39 is 0 Å². The van der Waals surface area contributed by atoms with E-state index in [9.17, 15) is 5.11 Å². The van der Waals surface area contributed by atoms with Gasteiger partial charge in [-0.05, 0) is 49.7 Å². The number of nitrogens with two attached hydrogens (primary N) is 1. The number of fused-ring (bicyclic) bond motifs is 1. The van der Waals surface area contributed by atoms with Crippen LogP contribution in [0.3, 0.4) is 0 Å². The number of rotatable bonds is 5. The zero-order valence-corrected chi connectivity index (χ0v) is 14.8.